The van der Waals surface area contributed by atoms with Crippen LogP contribution < -0.4 is 16.0 Å². The van der Waals surface area contributed by atoms with E-state index in [1.807, 2.05) is 6.07 Å². The second-order valence-corrected chi connectivity index (χ2v) is 6.07. The zero-order chi connectivity index (χ0) is 16.9. The SMILES string of the molecule is CC(=O)Nc1cccc(NC(=O)NC2CCc3ccccc3C2)c1. The van der Waals surface area contributed by atoms with Crippen LogP contribution in [0.2, 0.25) is 0 Å². The maximum absolute atomic E-state index is 12.2. The minimum Gasteiger partial charge on any atom is -0.335 e. The molecule has 0 radical (unpaired) electrons. The summed E-state index contributed by atoms with van der Waals surface area (Å²) in [5, 5.41) is 8.56. The fraction of sp³-hybridized carbons (Fsp3) is 0.263. The van der Waals surface area contributed by atoms with Crippen molar-refractivity contribution in [3.05, 3.63) is 59.7 Å². The lowest BCUT2D eigenvalue weighted by Gasteiger charge is -2.25. The van der Waals surface area contributed by atoms with Gasteiger partial charge in [0.15, 0.2) is 0 Å². The molecular formula is C19H21N3O2. The normalized spacial score (nSPS) is 16.0. The number of carbonyl (C=O) groups excluding carboxylic acids is 2. The molecule has 0 saturated carbocycles. The molecule has 0 fully saturated rings. The summed E-state index contributed by atoms with van der Waals surface area (Å²) >= 11 is 0. The van der Waals surface area contributed by atoms with Crippen LogP contribution in [0.15, 0.2) is 48.5 Å². The van der Waals surface area contributed by atoms with E-state index in [9.17, 15) is 9.59 Å². The molecule has 1 unspecified atom stereocenters. The van der Waals surface area contributed by atoms with Crippen molar-refractivity contribution in [3.63, 3.8) is 0 Å². The van der Waals surface area contributed by atoms with Crippen molar-refractivity contribution < 1.29 is 9.59 Å². The molecule has 0 bridgehead atoms. The van der Waals surface area contributed by atoms with Crippen molar-refractivity contribution in [2.24, 2.45) is 0 Å². The molecule has 0 spiro atoms. The van der Waals surface area contributed by atoms with Crippen LogP contribution in [0.5, 0.6) is 0 Å². The maximum atomic E-state index is 12.2. The number of aryl methyl sites for hydroxylation is 1. The zero-order valence-corrected chi connectivity index (χ0v) is 13.6. The molecule has 5 nitrogen and oxygen atoms in total. The Morgan fingerprint density at radius 2 is 1.67 bits per heavy atom. The number of fused-ring (bicyclic) bond motifs is 1. The van der Waals surface area contributed by atoms with Gasteiger partial charge in [-0.05, 0) is 48.6 Å². The van der Waals surface area contributed by atoms with Gasteiger partial charge in [0.1, 0.15) is 0 Å². The van der Waals surface area contributed by atoms with Crippen molar-refractivity contribution in [1.82, 2.24) is 5.32 Å². The summed E-state index contributed by atoms with van der Waals surface area (Å²) in [6.07, 6.45) is 2.78. The van der Waals surface area contributed by atoms with E-state index in [0.29, 0.717) is 11.4 Å². The fourth-order valence-corrected chi connectivity index (χ4v) is 3.05. The fourth-order valence-electron chi connectivity index (χ4n) is 3.05. The van der Waals surface area contributed by atoms with E-state index in [4.69, 9.17) is 0 Å². The first-order valence-corrected chi connectivity index (χ1v) is 8.12. The van der Waals surface area contributed by atoms with Gasteiger partial charge >= 0.3 is 6.03 Å². The summed E-state index contributed by atoms with van der Waals surface area (Å²) in [4.78, 5) is 23.3. The number of carbonyl (C=O) groups is 2. The highest BCUT2D eigenvalue weighted by Gasteiger charge is 2.19. The summed E-state index contributed by atoms with van der Waals surface area (Å²) in [5.74, 6) is -0.141. The van der Waals surface area contributed by atoms with Gasteiger partial charge in [-0.25, -0.2) is 4.79 Å². The topological polar surface area (TPSA) is 70.2 Å². The highest BCUT2D eigenvalue weighted by molar-refractivity contribution is 5.92. The molecule has 0 saturated heterocycles. The summed E-state index contributed by atoms with van der Waals surface area (Å²) < 4.78 is 0. The van der Waals surface area contributed by atoms with E-state index in [0.717, 1.165) is 19.3 Å². The van der Waals surface area contributed by atoms with Gasteiger partial charge in [0, 0.05) is 24.3 Å². The van der Waals surface area contributed by atoms with Crippen LogP contribution >= 0.6 is 0 Å². The average Bonchev–Trinajstić information content (AvgIpc) is 2.54. The lowest BCUT2D eigenvalue weighted by atomic mass is 9.88. The molecule has 124 valence electrons. The average molecular weight is 323 g/mol. The van der Waals surface area contributed by atoms with Gasteiger partial charge in [-0.3, -0.25) is 4.79 Å². The van der Waals surface area contributed by atoms with E-state index in [1.54, 1.807) is 24.3 Å². The Labute approximate surface area is 141 Å². The number of hydrogen-bond donors (Lipinski definition) is 3. The Kier molecular flexibility index (Phi) is 4.79. The smallest absolute Gasteiger partial charge is 0.319 e. The van der Waals surface area contributed by atoms with Crippen molar-refractivity contribution in [1.29, 1.82) is 0 Å². The van der Waals surface area contributed by atoms with Crippen LogP contribution in [0.1, 0.15) is 24.5 Å². The van der Waals surface area contributed by atoms with Crippen molar-refractivity contribution in [3.8, 4) is 0 Å². The summed E-state index contributed by atoms with van der Waals surface area (Å²) in [7, 11) is 0. The Hall–Kier alpha value is -2.82. The van der Waals surface area contributed by atoms with Gasteiger partial charge in [-0.2, -0.15) is 0 Å². The van der Waals surface area contributed by atoms with E-state index in [1.165, 1.54) is 18.1 Å². The van der Waals surface area contributed by atoms with Crippen LogP contribution in [0.3, 0.4) is 0 Å². The van der Waals surface area contributed by atoms with E-state index in [2.05, 4.69) is 34.1 Å². The van der Waals surface area contributed by atoms with Gasteiger partial charge in [0.05, 0.1) is 0 Å². The van der Waals surface area contributed by atoms with Crippen LogP contribution in [0.4, 0.5) is 16.2 Å². The largest absolute Gasteiger partial charge is 0.335 e. The first-order chi connectivity index (χ1) is 11.6. The molecule has 5 heteroatoms. The molecule has 1 aliphatic carbocycles. The number of hydrogen-bond acceptors (Lipinski definition) is 2. The standard InChI is InChI=1S/C19H21N3O2/c1-13(23)20-16-7-4-8-17(12-16)21-19(24)22-18-10-9-14-5-2-3-6-15(14)11-18/h2-8,12,18H,9-11H2,1H3,(H,20,23)(H2,21,22,24). The molecule has 3 amide bonds. The number of anilines is 2. The third kappa shape index (κ3) is 4.13. The molecule has 1 atom stereocenters. The third-order valence-electron chi connectivity index (χ3n) is 4.12. The quantitative estimate of drug-likeness (QED) is 0.811. The number of urea groups is 1. The number of nitrogens with one attached hydrogen (secondary N) is 3. The zero-order valence-electron chi connectivity index (χ0n) is 13.6. The molecule has 0 heterocycles. The minimum atomic E-state index is -0.223. The van der Waals surface area contributed by atoms with E-state index < -0.39 is 0 Å². The first-order valence-electron chi connectivity index (χ1n) is 8.12. The Balaban J connectivity index is 1.57. The van der Waals surface area contributed by atoms with Crippen LogP contribution in [0.25, 0.3) is 0 Å². The van der Waals surface area contributed by atoms with Gasteiger partial charge in [-0.1, -0.05) is 30.3 Å². The predicted octanol–water partition coefficient (Wildman–Crippen LogP) is 3.32. The molecular weight excluding hydrogens is 302 g/mol. The second-order valence-electron chi connectivity index (χ2n) is 6.07. The van der Waals surface area contributed by atoms with Crippen LogP contribution in [0, 0.1) is 0 Å². The molecule has 0 aromatic heterocycles. The van der Waals surface area contributed by atoms with Crippen molar-refractivity contribution in [2.45, 2.75) is 32.2 Å². The van der Waals surface area contributed by atoms with E-state index >= 15 is 0 Å². The Morgan fingerprint density at radius 3 is 2.42 bits per heavy atom. The molecule has 1 aliphatic rings. The number of benzene rings is 2. The molecule has 0 aliphatic heterocycles. The molecule has 3 N–H and O–H groups in total. The highest BCUT2D eigenvalue weighted by atomic mass is 16.2. The Morgan fingerprint density at radius 1 is 0.958 bits per heavy atom. The number of amides is 3. The maximum Gasteiger partial charge on any atom is 0.319 e. The first kappa shape index (κ1) is 16.1. The van der Waals surface area contributed by atoms with Crippen LogP contribution in [-0.4, -0.2) is 18.0 Å². The van der Waals surface area contributed by atoms with Gasteiger partial charge in [0.25, 0.3) is 0 Å². The molecule has 2 aromatic carbocycles. The molecule has 24 heavy (non-hydrogen) atoms. The van der Waals surface area contributed by atoms with Gasteiger partial charge < -0.3 is 16.0 Å². The minimum absolute atomic E-state index is 0.137. The lowest BCUT2D eigenvalue weighted by molar-refractivity contribution is -0.114. The number of rotatable bonds is 3. The summed E-state index contributed by atoms with van der Waals surface area (Å²) in [6.45, 7) is 1.45. The summed E-state index contributed by atoms with van der Waals surface area (Å²) in [6, 6.07) is 15.4. The third-order valence-corrected chi connectivity index (χ3v) is 4.12. The lowest BCUT2D eigenvalue weighted by Crippen LogP contribution is -2.41. The molecule has 3 rings (SSSR count). The highest BCUT2D eigenvalue weighted by Crippen LogP contribution is 2.21. The van der Waals surface area contributed by atoms with Gasteiger partial charge in [0.2, 0.25) is 5.91 Å². The van der Waals surface area contributed by atoms with Crippen molar-refractivity contribution in [2.75, 3.05) is 10.6 Å². The second kappa shape index (κ2) is 7.17. The monoisotopic (exact) mass is 323 g/mol. The van der Waals surface area contributed by atoms with Gasteiger partial charge in [-0.15, -0.1) is 0 Å². The Bertz CT molecular complexity index is 758. The summed E-state index contributed by atoms with van der Waals surface area (Å²) in [5.41, 5.74) is 3.99. The van der Waals surface area contributed by atoms with Crippen molar-refractivity contribution >= 4 is 23.3 Å². The van der Waals surface area contributed by atoms with E-state index in [-0.39, 0.29) is 18.0 Å². The molecule has 2 aromatic rings. The van der Waals surface area contributed by atoms with Crippen LogP contribution in [-0.2, 0) is 17.6 Å². The predicted molar refractivity (Wildman–Crippen MR) is 95.2 cm³/mol.